The molecule has 0 bridgehead atoms. The quantitative estimate of drug-likeness (QED) is 0.782. The van der Waals surface area contributed by atoms with E-state index in [1.165, 1.54) is 0 Å². The summed E-state index contributed by atoms with van der Waals surface area (Å²) in [4.78, 5) is 15.8. The summed E-state index contributed by atoms with van der Waals surface area (Å²) >= 11 is 0. The van der Waals surface area contributed by atoms with Crippen LogP contribution in [0.4, 0.5) is 0 Å². The molecular formula is C11H15N3O2. The lowest BCUT2D eigenvalue weighted by molar-refractivity contribution is -0.125. The summed E-state index contributed by atoms with van der Waals surface area (Å²) < 4.78 is 4.91. The molecule has 1 aliphatic rings. The molecule has 0 aliphatic heterocycles. The van der Waals surface area contributed by atoms with Crippen molar-refractivity contribution in [2.75, 3.05) is 0 Å². The van der Waals surface area contributed by atoms with Crippen molar-refractivity contribution >= 4 is 5.91 Å². The van der Waals surface area contributed by atoms with Crippen LogP contribution in [0.5, 0.6) is 0 Å². The molecule has 1 aliphatic carbocycles. The number of nitrogens with zero attached hydrogens (tertiary/aromatic N) is 2. The molecule has 16 heavy (non-hydrogen) atoms. The van der Waals surface area contributed by atoms with Gasteiger partial charge in [-0.3, -0.25) is 4.79 Å². The van der Waals surface area contributed by atoms with Crippen molar-refractivity contribution in [3.63, 3.8) is 0 Å². The number of carbonyl (C=O) groups is 1. The lowest BCUT2D eigenvalue weighted by Crippen LogP contribution is -2.30. The van der Waals surface area contributed by atoms with Crippen molar-refractivity contribution in [3.05, 3.63) is 23.9 Å². The van der Waals surface area contributed by atoms with Gasteiger partial charge < -0.3 is 9.84 Å². The highest BCUT2D eigenvalue weighted by atomic mass is 16.5. The first-order valence-corrected chi connectivity index (χ1v) is 5.47. The standard InChI is InChI=1S/C11H15N3O2/c1-8-13-10(16-14-8)7-12-11(15)9-5-3-2-4-6-9/h2-3,9H,4-7H2,1H3,(H,12,15)/t9-/m1/s1. The topological polar surface area (TPSA) is 68.0 Å². The van der Waals surface area contributed by atoms with Crippen molar-refractivity contribution < 1.29 is 9.32 Å². The number of hydrogen-bond acceptors (Lipinski definition) is 4. The van der Waals surface area contributed by atoms with Crippen molar-refractivity contribution in [2.24, 2.45) is 5.92 Å². The van der Waals surface area contributed by atoms with E-state index >= 15 is 0 Å². The average Bonchev–Trinajstić information content (AvgIpc) is 2.73. The monoisotopic (exact) mass is 221 g/mol. The Balaban J connectivity index is 1.81. The fourth-order valence-corrected chi connectivity index (χ4v) is 1.75. The molecule has 0 spiro atoms. The van der Waals surface area contributed by atoms with E-state index < -0.39 is 0 Å². The Labute approximate surface area is 93.9 Å². The Bertz CT molecular complexity index is 398. The Morgan fingerprint density at radius 1 is 1.62 bits per heavy atom. The molecule has 0 radical (unpaired) electrons. The van der Waals surface area contributed by atoms with Crippen molar-refractivity contribution in [3.8, 4) is 0 Å². The number of nitrogens with one attached hydrogen (secondary N) is 1. The highest BCUT2D eigenvalue weighted by Gasteiger charge is 2.18. The highest BCUT2D eigenvalue weighted by Crippen LogP contribution is 2.18. The molecule has 1 amide bonds. The van der Waals surface area contributed by atoms with Crippen LogP contribution in [0.2, 0.25) is 0 Å². The molecule has 1 atom stereocenters. The Hall–Kier alpha value is -1.65. The minimum atomic E-state index is 0.0696. The fraction of sp³-hybridized carbons (Fsp3) is 0.545. The SMILES string of the molecule is Cc1noc(CNC(=O)[C@@H]2CC=CCC2)n1. The molecule has 0 saturated carbocycles. The van der Waals surface area contributed by atoms with E-state index in [0.717, 1.165) is 19.3 Å². The van der Waals surface area contributed by atoms with Crippen molar-refractivity contribution in [1.29, 1.82) is 0 Å². The van der Waals surface area contributed by atoms with Gasteiger partial charge >= 0.3 is 0 Å². The molecule has 1 aromatic heterocycles. The molecule has 86 valence electrons. The maximum Gasteiger partial charge on any atom is 0.246 e. The normalized spacial score (nSPS) is 19.7. The van der Waals surface area contributed by atoms with Crippen LogP contribution in [0.15, 0.2) is 16.7 Å². The van der Waals surface area contributed by atoms with Crippen LogP contribution >= 0.6 is 0 Å². The number of rotatable bonds is 3. The summed E-state index contributed by atoms with van der Waals surface area (Å²) in [7, 11) is 0. The van der Waals surface area contributed by atoms with Gasteiger partial charge in [-0.05, 0) is 26.2 Å². The van der Waals surface area contributed by atoms with Crippen LogP contribution in [-0.4, -0.2) is 16.0 Å². The Morgan fingerprint density at radius 2 is 2.50 bits per heavy atom. The number of hydrogen-bond donors (Lipinski definition) is 1. The molecule has 1 heterocycles. The molecule has 5 heteroatoms. The van der Waals surface area contributed by atoms with E-state index in [-0.39, 0.29) is 11.8 Å². The van der Waals surface area contributed by atoms with E-state index in [0.29, 0.717) is 18.3 Å². The maximum atomic E-state index is 11.7. The van der Waals surface area contributed by atoms with Gasteiger partial charge in [0.2, 0.25) is 11.8 Å². The first-order valence-electron chi connectivity index (χ1n) is 5.47. The minimum Gasteiger partial charge on any atom is -0.347 e. The van der Waals surface area contributed by atoms with Crippen LogP contribution in [0, 0.1) is 12.8 Å². The molecule has 1 aromatic rings. The Morgan fingerprint density at radius 3 is 3.12 bits per heavy atom. The van der Waals surface area contributed by atoms with Gasteiger partial charge in [0.1, 0.15) is 0 Å². The third kappa shape index (κ3) is 2.68. The number of amides is 1. The molecule has 0 fully saturated rings. The highest BCUT2D eigenvalue weighted by molar-refractivity contribution is 5.78. The molecule has 5 nitrogen and oxygen atoms in total. The van der Waals surface area contributed by atoms with Crippen LogP contribution in [-0.2, 0) is 11.3 Å². The maximum absolute atomic E-state index is 11.7. The van der Waals surface area contributed by atoms with Crippen LogP contribution in [0.3, 0.4) is 0 Å². The van der Waals surface area contributed by atoms with Crippen molar-refractivity contribution in [2.45, 2.75) is 32.7 Å². The van der Waals surface area contributed by atoms with Gasteiger partial charge in [-0.15, -0.1) is 0 Å². The van der Waals surface area contributed by atoms with E-state index in [1.807, 2.05) is 0 Å². The van der Waals surface area contributed by atoms with Gasteiger partial charge in [0, 0.05) is 5.92 Å². The zero-order chi connectivity index (χ0) is 11.4. The summed E-state index contributed by atoms with van der Waals surface area (Å²) in [5, 5.41) is 6.47. The third-order valence-corrected chi connectivity index (χ3v) is 2.62. The van der Waals surface area contributed by atoms with Gasteiger partial charge in [-0.25, -0.2) is 0 Å². The van der Waals surface area contributed by atoms with E-state index in [9.17, 15) is 4.79 Å². The van der Waals surface area contributed by atoms with Gasteiger partial charge in [-0.1, -0.05) is 17.3 Å². The number of carbonyl (C=O) groups excluding carboxylic acids is 1. The van der Waals surface area contributed by atoms with E-state index in [4.69, 9.17) is 4.52 Å². The summed E-state index contributed by atoms with van der Waals surface area (Å²) in [5.41, 5.74) is 0. The molecular weight excluding hydrogens is 206 g/mol. The zero-order valence-electron chi connectivity index (χ0n) is 9.27. The van der Waals surface area contributed by atoms with E-state index in [1.54, 1.807) is 6.92 Å². The zero-order valence-corrected chi connectivity index (χ0v) is 9.27. The summed E-state index contributed by atoms with van der Waals surface area (Å²) in [6.07, 6.45) is 6.91. The second-order valence-corrected chi connectivity index (χ2v) is 3.93. The smallest absolute Gasteiger partial charge is 0.246 e. The average molecular weight is 221 g/mol. The predicted molar refractivity (Wildman–Crippen MR) is 57.4 cm³/mol. The number of allylic oxidation sites excluding steroid dienone is 2. The Kier molecular flexibility index (Phi) is 3.34. The van der Waals surface area contributed by atoms with Crippen LogP contribution in [0.25, 0.3) is 0 Å². The first kappa shape index (κ1) is 10.9. The van der Waals surface area contributed by atoms with E-state index in [2.05, 4.69) is 27.6 Å². The fourth-order valence-electron chi connectivity index (χ4n) is 1.75. The van der Waals surface area contributed by atoms with Gasteiger partial charge in [0.15, 0.2) is 5.82 Å². The largest absolute Gasteiger partial charge is 0.347 e. The van der Waals surface area contributed by atoms with Gasteiger partial charge in [-0.2, -0.15) is 4.98 Å². The van der Waals surface area contributed by atoms with Crippen LogP contribution < -0.4 is 5.32 Å². The summed E-state index contributed by atoms with van der Waals surface area (Å²) in [5.74, 6) is 1.20. The molecule has 0 aromatic carbocycles. The first-order chi connectivity index (χ1) is 7.75. The number of aromatic nitrogens is 2. The predicted octanol–water partition coefficient (Wildman–Crippen LogP) is 1.35. The summed E-state index contributed by atoms with van der Waals surface area (Å²) in [6.45, 7) is 2.07. The molecule has 0 saturated heterocycles. The van der Waals surface area contributed by atoms with Crippen LogP contribution in [0.1, 0.15) is 31.0 Å². The lowest BCUT2D eigenvalue weighted by Gasteiger charge is -2.16. The van der Waals surface area contributed by atoms with Gasteiger partial charge in [0.25, 0.3) is 0 Å². The molecule has 0 unspecified atom stereocenters. The van der Waals surface area contributed by atoms with Gasteiger partial charge in [0.05, 0.1) is 6.54 Å². The second-order valence-electron chi connectivity index (χ2n) is 3.93. The minimum absolute atomic E-state index is 0.0696. The molecule has 2 rings (SSSR count). The summed E-state index contributed by atoms with van der Waals surface area (Å²) in [6, 6.07) is 0. The number of aryl methyl sites for hydroxylation is 1. The lowest BCUT2D eigenvalue weighted by atomic mass is 9.94. The molecule has 1 N–H and O–H groups in total. The van der Waals surface area contributed by atoms with Crippen molar-refractivity contribution in [1.82, 2.24) is 15.5 Å². The third-order valence-electron chi connectivity index (χ3n) is 2.62. The second kappa shape index (κ2) is 4.92.